The van der Waals surface area contributed by atoms with Crippen molar-refractivity contribution in [3.63, 3.8) is 0 Å². The monoisotopic (exact) mass is 347 g/mol. The van der Waals surface area contributed by atoms with Gasteiger partial charge in [-0.05, 0) is 41.4 Å². The molecular weight excluding hydrogens is 330 g/mol. The molecule has 2 aromatic heterocycles. The second kappa shape index (κ2) is 5.99. The van der Waals surface area contributed by atoms with Gasteiger partial charge in [-0.15, -0.1) is 0 Å². The molecule has 0 aromatic carbocycles. The van der Waals surface area contributed by atoms with E-state index >= 15 is 0 Å². The van der Waals surface area contributed by atoms with Crippen LogP contribution in [0.25, 0.3) is 11.0 Å². The zero-order valence-electron chi connectivity index (χ0n) is 11.9. The maximum atomic E-state index is 5.65. The Morgan fingerprint density at radius 3 is 3.00 bits per heavy atom. The Balaban J connectivity index is 1.95. The summed E-state index contributed by atoms with van der Waals surface area (Å²) in [7, 11) is 0. The highest BCUT2D eigenvalue weighted by atomic mass is 79.9. The Labute approximate surface area is 131 Å². The van der Waals surface area contributed by atoms with Crippen molar-refractivity contribution in [2.45, 2.75) is 19.8 Å². The van der Waals surface area contributed by atoms with Crippen molar-refractivity contribution in [3.05, 3.63) is 39.8 Å². The number of halogens is 1. The molecule has 4 N–H and O–H groups in total. The van der Waals surface area contributed by atoms with Crippen LogP contribution in [0.4, 0.5) is 5.82 Å². The highest BCUT2D eigenvalue weighted by molar-refractivity contribution is 9.10. The first-order chi connectivity index (χ1) is 10.2. The second-order valence-corrected chi connectivity index (χ2v) is 5.90. The van der Waals surface area contributed by atoms with Crippen molar-refractivity contribution in [2.75, 3.05) is 18.4 Å². The number of nitrogens with two attached hydrogens (primary N) is 1. The fourth-order valence-corrected chi connectivity index (χ4v) is 3.16. The molecule has 0 fully saturated rings. The lowest BCUT2D eigenvalue weighted by molar-refractivity contribution is 0.931. The van der Waals surface area contributed by atoms with Crippen LogP contribution in [-0.2, 0) is 6.42 Å². The van der Waals surface area contributed by atoms with Crippen LogP contribution in [0.3, 0.4) is 0 Å². The number of hydrogen-bond donors (Lipinski definition) is 3. The van der Waals surface area contributed by atoms with Crippen LogP contribution in [0.2, 0.25) is 0 Å². The molecule has 0 bridgehead atoms. The third kappa shape index (κ3) is 2.87. The Morgan fingerprint density at radius 2 is 2.29 bits per heavy atom. The maximum Gasteiger partial charge on any atom is 0.144 e. The summed E-state index contributed by atoms with van der Waals surface area (Å²) >= 11 is 3.65. The summed E-state index contributed by atoms with van der Waals surface area (Å²) in [6, 6.07) is 0. The van der Waals surface area contributed by atoms with Gasteiger partial charge >= 0.3 is 0 Å². The number of rotatable bonds is 5. The van der Waals surface area contributed by atoms with Gasteiger partial charge in [0.25, 0.3) is 0 Å². The number of H-pyrrole nitrogens is 1. The molecule has 1 aliphatic rings. The van der Waals surface area contributed by atoms with Gasteiger partial charge < -0.3 is 16.0 Å². The Bertz CT molecular complexity index is 729. The summed E-state index contributed by atoms with van der Waals surface area (Å²) in [4.78, 5) is 12.3. The highest BCUT2D eigenvalue weighted by Gasteiger charge is 2.15. The molecule has 110 valence electrons. The maximum absolute atomic E-state index is 5.65. The zero-order valence-corrected chi connectivity index (χ0v) is 13.5. The lowest BCUT2D eigenvalue weighted by atomic mass is 10.2. The van der Waals surface area contributed by atoms with Gasteiger partial charge in [-0.3, -0.25) is 0 Å². The molecule has 2 aromatic rings. The van der Waals surface area contributed by atoms with E-state index in [-0.39, 0.29) is 0 Å². The number of allylic oxidation sites excluding steroid dienone is 3. The largest absolute Gasteiger partial charge is 0.366 e. The number of anilines is 1. The molecule has 0 spiro atoms. The van der Waals surface area contributed by atoms with E-state index < -0.39 is 0 Å². The molecule has 0 saturated carbocycles. The van der Waals surface area contributed by atoms with Crippen LogP contribution in [0.5, 0.6) is 0 Å². The van der Waals surface area contributed by atoms with Crippen LogP contribution < -0.4 is 11.1 Å². The molecule has 0 atom stereocenters. The number of hydrogen-bond acceptors (Lipinski definition) is 4. The summed E-state index contributed by atoms with van der Waals surface area (Å²) in [6.45, 7) is 3.29. The minimum atomic E-state index is 0.596. The summed E-state index contributed by atoms with van der Waals surface area (Å²) in [5, 5.41) is 4.42. The first kappa shape index (κ1) is 14.3. The number of nitrogens with one attached hydrogen (secondary N) is 2. The van der Waals surface area contributed by atoms with Gasteiger partial charge in [-0.2, -0.15) is 0 Å². The van der Waals surface area contributed by atoms with Crippen molar-refractivity contribution in [1.82, 2.24) is 15.0 Å². The molecule has 5 nitrogen and oxygen atoms in total. The zero-order chi connectivity index (χ0) is 14.8. The van der Waals surface area contributed by atoms with Gasteiger partial charge in [0.1, 0.15) is 17.3 Å². The molecular formula is C15H18BrN5. The molecule has 0 amide bonds. The number of fused-ring (bicyclic) bond motifs is 1. The lowest BCUT2D eigenvalue weighted by Crippen LogP contribution is -2.07. The van der Waals surface area contributed by atoms with Crippen LogP contribution in [0, 0.1) is 6.92 Å². The SMILES string of the molecule is Cc1nc(NCC2=CC=CC2)c2c(Br)c(CCN)[nH]c2n1. The predicted molar refractivity (Wildman–Crippen MR) is 89.4 cm³/mol. The molecule has 0 saturated heterocycles. The van der Waals surface area contributed by atoms with E-state index in [1.165, 1.54) is 5.57 Å². The van der Waals surface area contributed by atoms with Crippen molar-refractivity contribution in [2.24, 2.45) is 5.73 Å². The van der Waals surface area contributed by atoms with E-state index in [4.69, 9.17) is 5.73 Å². The summed E-state index contributed by atoms with van der Waals surface area (Å²) in [6.07, 6.45) is 8.18. The van der Waals surface area contributed by atoms with Gasteiger partial charge in [-0.25, -0.2) is 9.97 Å². The van der Waals surface area contributed by atoms with E-state index in [0.717, 1.165) is 52.2 Å². The first-order valence-electron chi connectivity index (χ1n) is 7.02. The Kier molecular flexibility index (Phi) is 4.07. The van der Waals surface area contributed by atoms with Crippen molar-refractivity contribution >= 4 is 32.8 Å². The van der Waals surface area contributed by atoms with E-state index in [1.807, 2.05) is 6.92 Å². The van der Waals surface area contributed by atoms with Gasteiger partial charge in [-0.1, -0.05) is 18.2 Å². The van der Waals surface area contributed by atoms with Gasteiger partial charge in [0.15, 0.2) is 0 Å². The topological polar surface area (TPSA) is 79.6 Å². The Hall–Kier alpha value is -1.66. The van der Waals surface area contributed by atoms with E-state index in [9.17, 15) is 0 Å². The molecule has 21 heavy (non-hydrogen) atoms. The van der Waals surface area contributed by atoms with E-state index in [0.29, 0.717) is 6.54 Å². The molecule has 0 radical (unpaired) electrons. The van der Waals surface area contributed by atoms with Crippen LogP contribution in [0.1, 0.15) is 17.9 Å². The Morgan fingerprint density at radius 1 is 1.43 bits per heavy atom. The van der Waals surface area contributed by atoms with Gasteiger partial charge in [0.2, 0.25) is 0 Å². The molecule has 0 unspecified atom stereocenters. The molecule has 2 heterocycles. The van der Waals surface area contributed by atoms with Crippen LogP contribution >= 0.6 is 15.9 Å². The van der Waals surface area contributed by atoms with Crippen LogP contribution in [0.15, 0.2) is 28.3 Å². The normalized spacial score (nSPS) is 14.0. The third-order valence-corrected chi connectivity index (χ3v) is 4.37. The third-order valence-electron chi connectivity index (χ3n) is 3.50. The van der Waals surface area contributed by atoms with Gasteiger partial charge in [0, 0.05) is 18.7 Å². The van der Waals surface area contributed by atoms with Gasteiger partial charge in [0.05, 0.1) is 9.86 Å². The average Bonchev–Trinajstić information content (AvgIpc) is 3.06. The molecule has 1 aliphatic carbocycles. The quantitative estimate of drug-likeness (QED) is 0.776. The number of aromatic amines is 1. The fraction of sp³-hybridized carbons (Fsp3) is 0.333. The minimum absolute atomic E-state index is 0.596. The standard InChI is InChI=1S/C15H18BrN5/c1-9-19-14(18-8-10-4-2-3-5-10)12-13(16)11(6-7-17)21-15(12)20-9/h2-4H,5-8,17H2,1H3,(H2,18,19,20,21). The van der Waals surface area contributed by atoms with E-state index in [1.54, 1.807) is 0 Å². The lowest BCUT2D eigenvalue weighted by Gasteiger charge is -2.08. The second-order valence-electron chi connectivity index (χ2n) is 5.11. The van der Waals surface area contributed by atoms with Crippen LogP contribution in [-0.4, -0.2) is 28.0 Å². The highest BCUT2D eigenvalue weighted by Crippen LogP contribution is 2.32. The molecule has 3 rings (SSSR count). The van der Waals surface area contributed by atoms with E-state index in [2.05, 4.69) is 54.4 Å². The summed E-state index contributed by atoms with van der Waals surface area (Å²) < 4.78 is 1.00. The number of aromatic nitrogens is 3. The predicted octanol–water partition coefficient (Wildman–Crippen LogP) is 2.83. The summed E-state index contributed by atoms with van der Waals surface area (Å²) in [5.74, 6) is 1.60. The number of aryl methyl sites for hydroxylation is 1. The smallest absolute Gasteiger partial charge is 0.144 e. The minimum Gasteiger partial charge on any atom is -0.366 e. The van der Waals surface area contributed by atoms with Crippen molar-refractivity contribution in [1.29, 1.82) is 0 Å². The van der Waals surface area contributed by atoms with Crippen molar-refractivity contribution < 1.29 is 0 Å². The van der Waals surface area contributed by atoms with Crippen molar-refractivity contribution in [3.8, 4) is 0 Å². The summed E-state index contributed by atoms with van der Waals surface area (Å²) in [5.41, 5.74) is 8.92. The average molecular weight is 348 g/mol. The molecule has 0 aliphatic heterocycles. The number of nitrogens with zero attached hydrogens (tertiary/aromatic N) is 2. The first-order valence-corrected chi connectivity index (χ1v) is 7.81. The molecule has 6 heteroatoms. The fourth-order valence-electron chi connectivity index (χ4n) is 2.48.